The molecule has 0 saturated carbocycles. The molecular formula is C19H16BrN7. The molecule has 8 heteroatoms. The molecule has 1 unspecified atom stereocenters. The molecule has 7 nitrogen and oxygen atoms in total. The lowest BCUT2D eigenvalue weighted by molar-refractivity contribution is 0.767. The number of rotatable bonds is 3. The summed E-state index contributed by atoms with van der Waals surface area (Å²) in [5.41, 5.74) is 5.79. The molecule has 5 aromatic heterocycles. The van der Waals surface area contributed by atoms with Gasteiger partial charge in [-0.3, -0.25) is 9.08 Å². The van der Waals surface area contributed by atoms with E-state index in [0.717, 1.165) is 38.4 Å². The Kier molecular flexibility index (Phi) is 3.61. The monoisotopic (exact) mass is 421 g/mol. The Hall–Kier alpha value is -3.00. The van der Waals surface area contributed by atoms with Gasteiger partial charge in [-0.25, -0.2) is 14.5 Å². The average molecular weight is 422 g/mol. The van der Waals surface area contributed by atoms with Crippen molar-refractivity contribution in [3.8, 4) is 11.3 Å². The highest BCUT2D eigenvalue weighted by Gasteiger charge is 2.16. The summed E-state index contributed by atoms with van der Waals surface area (Å²) in [4.78, 5) is 8.88. The molecule has 0 aliphatic carbocycles. The number of aromatic nitrogens is 7. The number of halogens is 1. The van der Waals surface area contributed by atoms with Crippen molar-refractivity contribution in [2.24, 2.45) is 7.05 Å². The Labute approximate surface area is 163 Å². The number of imidazole rings is 2. The second-order valence-corrected chi connectivity index (χ2v) is 7.38. The van der Waals surface area contributed by atoms with Crippen molar-refractivity contribution in [2.75, 3.05) is 0 Å². The summed E-state index contributed by atoms with van der Waals surface area (Å²) in [6.07, 6.45) is 9.58. The molecule has 0 N–H and O–H groups in total. The highest BCUT2D eigenvalue weighted by atomic mass is 79.9. The minimum absolute atomic E-state index is 0.121. The van der Waals surface area contributed by atoms with Gasteiger partial charge in [0.1, 0.15) is 10.3 Å². The maximum absolute atomic E-state index is 4.81. The summed E-state index contributed by atoms with van der Waals surface area (Å²) in [5.74, 6) is 0.121. The molecule has 0 aliphatic rings. The smallest absolute Gasteiger partial charge is 0.153 e. The van der Waals surface area contributed by atoms with Crippen LogP contribution in [0.5, 0.6) is 0 Å². The first kappa shape index (κ1) is 16.2. The highest BCUT2D eigenvalue weighted by molar-refractivity contribution is 9.10. The van der Waals surface area contributed by atoms with E-state index < -0.39 is 0 Å². The topological polar surface area (TPSA) is 65.3 Å². The lowest BCUT2D eigenvalue weighted by atomic mass is 10.0. The Balaban J connectivity index is 1.61. The van der Waals surface area contributed by atoms with E-state index in [9.17, 15) is 0 Å². The molecule has 0 amide bonds. The lowest BCUT2D eigenvalue weighted by Crippen LogP contribution is -2.05. The van der Waals surface area contributed by atoms with Gasteiger partial charge in [-0.05, 0) is 39.7 Å². The van der Waals surface area contributed by atoms with Crippen LogP contribution in [0.4, 0.5) is 0 Å². The summed E-state index contributed by atoms with van der Waals surface area (Å²) < 4.78 is 6.65. The summed E-state index contributed by atoms with van der Waals surface area (Å²) in [7, 11) is 1.90. The normalized spacial score (nSPS) is 12.9. The SMILES string of the molecule is CC(c1ccc2ncc(Br)n2c1)c1cnc2ccc(-c3cnn(C)c3)nn12. The molecular weight excluding hydrogens is 406 g/mol. The summed E-state index contributed by atoms with van der Waals surface area (Å²) >= 11 is 3.54. The van der Waals surface area contributed by atoms with Gasteiger partial charge >= 0.3 is 0 Å². The van der Waals surface area contributed by atoms with Gasteiger partial charge in [0, 0.05) is 30.9 Å². The van der Waals surface area contributed by atoms with Crippen LogP contribution in [-0.2, 0) is 7.05 Å². The van der Waals surface area contributed by atoms with Gasteiger partial charge in [0.05, 0.1) is 30.0 Å². The fourth-order valence-corrected chi connectivity index (χ4v) is 3.67. The fraction of sp³-hybridized carbons (Fsp3) is 0.158. The summed E-state index contributed by atoms with van der Waals surface area (Å²) in [6.45, 7) is 2.16. The lowest BCUT2D eigenvalue weighted by Gasteiger charge is -2.12. The molecule has 5 aromatic rings. The Morgan fingerprint density at radius 1 is 0.963 bits per heavy atom. The van der Waals surface area contributed by atoms with E-state index in [4.69, 9.17) is 5.10 Å². The molecule has 0 aliphatic heterocycles. The van der Waals surface area contributed by atoms with Crippen LogP contribution in [0.25, 0.3) is 22.6 Å². The minimum Gasteiger partial charge on any atom is -0.294 e. The predicted molar refractivity (Wildman–Crippen MR) is 106 cm³/mol. The number of hydrogen-bond acceptors (Lipinski definition) is 4. The number of fused-ring (bicyclic) bond motifs is 2. The molecule has 0 radical (unpaired) electrons. The van der Waals surface area contributed by atoms with Gasteiger partial charge in [-0.15, -0.1) is 0 Å². The quantitative estimate of drug-likeness (QED) is 0.445. The van der Waals surface area contributed by atoms with E-state index in [0.29, 0.717) is 0 Å². The van der Waals surface area contributed by atoms with Gasteiger partial charge < -0.3 is 0 Å². The van der Waals surface area contributed by atoms with Crippen LogP contribution >= 0.6 is 15.9 Å². The second kappa shape index (κ2) is 6.02. The Bertz CT molecular complexity index is 1280. The van der Waals surface area contributed by atoms with Crippen LogP contribution in [0.1, 0.15) is 24.1 Å². The van der Waals surface area contributed by atoms with Crippen LogP contribution in [0, 0.1) is 0 Å². The Morgan fingerprint density at radius 2 is 1.78 bits per heavy atom. The van der Waals surface area contributed by atoms with Crippen molar-refractivity contribution in [3.05, 3.63) is 71.1 Å². The van der Waals surface area contributed by atoms with Crippen molar-refractivity contribution in [2.45, 2.75) is 12.8 Å². The zero-order chi connectivity index (χ0) is 18.5. The average Bonchev–Trinajstić information content (AvgIpc) is 3.39. The maximum Gasteiger partial charge on any atom is 0.153 e. The van der Waals surface area contributed by atoms with E-state index in [2.05, 4.69) is 50.2 Å². The predicted octanol–water partition coefficient (Wildman–Crippen LogP) is 3.69. The zero-order valence-corrected chi connectivity index (χ0v) is 16.4. The molecule has 0 bridgehead atoms. The van der Waals surface area contributed by atoms with Crippen LogP contribution < -0.4 is 0 Å². The molecule has 0 aromatic carbocycles. The number of aryl methyl sites for hydroxylation is 1. The van der Waals surface area contributed by atoms with Crippen molar-refractivity contribution in [3.63, 3.8) is 0 Å². The van der Waals surface area contributed by atoms with Crippen molar-refractivity contribution < 1.29 is 0 Å². The van der Waals surface area contributed by atoms with Crippen molar-refractivity contribution in [1.29, 1.82) is 0 Å². The van der Waals surface area contributed by atoms with Crippen LogP contribution in [0.2, 0.25) is 0 Å². The molecule has 0 spiro atoms. The van der Waals surface area contributed by atoms with E-state index in [-0.39, 0.29) is 5.92 Å². The summed E-state index contributed by atoms with van der Waals surface area (Å²) in [6, 6.07) is 8.09. The van der Waals surface area contributed by atoms with Gasteiger partial charge in [0.2, 0.25) is 0 Å². The zero-order valence-electron chi connectivity index (χ0n) is 14.8. The number of pyridine rings is 1. The standard InChI is InChI=1S/C19H16BrN7/c1-12(13-3-5-18-22-9-17(20)26(18)11-13)16-8-21-19-6-4-15(24-27(16)19)14-7-23-25(2)10-14/h3-12H,1-2H3. The van der Waals surface area contributed by atoms with Gasteiger partial charge in [-0.1, -0.05) is 13.0 Å². The van der Waals surface area contributed by atoms with Crippen LogP contribution in [-0.4, -0.2) is 33.8 Å². The second-order valence-electron chi connectivity index (χ2n) is 6.57. The van der Waals surface area contributed by atoms with Crippen LogP contribution in [0.3, 0.4) is 0 Å². The molecule has 1 atom stereocenters. The third-order valence-electron chi connectivity index (χ3n) is 4.82. The first-order valence-corrected chi connectivity index (χ1v) is 9.35. The molecule has 0 fully saturated rings. The molecule has 5 rings (SSSR count). The minimum atomic E-state index is 0.121. The third-order valence-corrected chi connectivity index (χ3v) is 5.40. The van der Waals surface area contributed by atoms with Crippen molar-refractivity contribution >= 4 is 27.2 Å². The third kappa shape index (κ3) is 2.64. The number of hydrogen-bond donors (Lipinski definition) is 0. The van der Waals surface area contributed by atoms with E-state index in [1.165, 1.54) is 0 Å². The molecule has 5 heterocycles. The molecule has 134 valence electrons. The highest BCUT2D eigenvalue weighted by Crippen LogP contribution is 2.27. The largest absolute Gasteiger partial charge is 0.294 e. The Morgan fingerprint density at radius 3 is 2.59 bits per heavy atom. The first-order chi connectivity index (χ1) is 13.1. The van der Waals surface area contributed by atoms with E-state index in [1.54, 1.807) is 10.9 Å². The van der Waals surface area contributed by atoms with Crippen molar-refractivity contribution in [1.82, 2.24) is 33.8 Å². The van der Waals surface area contributed by atoms with Gasteiger partial charge in [-0.2, -0.15) is 10.2 Å². The van der Waals surface area contributed by atoms with E-state index in [1.807, 2.05) is 52.8 Å². The van der Waals surface area contributed by atoms with Gasteiger partial charge in [0.15, 0.2) is 5.65 Å². The maximum atomic E-state index is 4.81. The summed E-state index contributed by atoms with van der Waals surface area (Å²) in [5, 5.41) is 9.04. The van der Waals surface area contributed by atoms with Crippen LogP contribution in [0.15, 0.2) is 59.9 Å². The first-order valence-electron chi connectivity index (χ1n) is 8.56. The van der Waals surface area contributed by atoms with E-state index >= 15 is 0 Å². The van der Waals surface area contributed by atoms with Gasteiger partial charge in [0.25, 0.3) is 0 Å². The number of nitrogens with zero attached hydrogens (tertiary/aromatic N) is 7. The molecule has 27 heavy (non-hydrogen) atoms. The molecule has 0 saturated heterocycles. The fourth-order valence-electron chi connectivity index (χ4n) is 3.29.